The predicted octanol–water partition coefficient (Wildman–Crippen LogP) is 0.864. The minimum atomic E-state index is -0.996. The highest BCUT2D eigenvalue weighted by Gasteiger charge is 2.27. The molecular formula is C12H12N4O3. The van der Waals surface area contributed by atoms with E-state index < -0.39 is 5.97 Å². The SMILES string of the molecule is O=C(O)c1cn(-c2ncccn2)nc1C1CCOC1. The molecule has 0 aromatic carbocycles. The molecule has 2 aromatic heterocycles. The second kappa shape index (κ2) is 4.77. The Balaban J connectivity index is 2.04. The van der Waals surface area contributed by atoms with Crippen molar-refractivity contribution in [1.82, 2.24) is 19.7 Å². The fourth-order valence-corrected chi connectivity index (χ4v) is 2.12. The van der Waals surface area contributed by atoms with E-state index >= 15 is 0 Å². The lowest BCUT2D eigenvalue weighted by Crippen LogP contribution is -2.06. The van der Waals surface area contributed by atoms with Crippen LogP contribution in [0.5, 0.6) is 0 Å². The Morgan fingerprint density at radius 3 is 2.84 bits per heavy atom. The van der Waals surface area contributed by atoms with Crippen molar-refractivity contribution in [3.05, 3.63) is 35.9 Å². The predicted molar refractivity (Wildman–Crippen MR) is 64.3 cm³/mol. The van der Waals surface area contributed by atoms with Crippen LogP contribution in [0.1, 0.15) is 28.4 Å². The van der Waals surface area contributed by atoms with E-state index in [1.807, 2.05) is 0 Å². The maximum atomic E-state index is 11.3. The lowest BCUT2D eigenvalue weighted by atomic mass is 10.0. The smallest absolute Gasteiger partial charge is 0.339 e. The summed E-state index contributed by atoms with van der Waals surface area (Å²) in [5, 5.41) is 13.6. The molecule has 1 fully saturated rings. The van der Waals surface area contributed by atoms with Crippen molar-refractivity contribution in [3.63, 3.8) is 0 Å². The molecule has 0 aliphatic carbocycles. The topological polar surface area (TPSA) is 90.1 Å². The Kier molecular flexibility index (Phi) is 2.96. The minimum absolute atomic E-state index is 0.0241. The van der Waals surface area contributed by atoms with Gasteiger partial charge in [-0.25, -0.2) is 19.4 Å². The Morgan fingerprint density at radius 1 is 1.42 bits per heavy atom. The van der Waals surface area contributed by atoms with Crippen LogP contribution in [0.15, 0.2) is 24.7 Å². The zero-order valence-electron chi connectivity index (χ0n) is 10.1. The van der Waals surface area contributed by atoms with Gasteiger partial charge < -0.3 is 9.84 Å². The molecule has 2 aromatic rings. The molecule has 1 saturated heterocycles. The standard InChI is InChI=1S/C12H12N4O3/c17-11(18)9-6-16(12-13-3-1-4-14-12)15-10(9)8-2-5-19-7-8/h1,3-4,6,8H,2,5,7H2,(H,17,18). The largest absolute Gasteiger partial charge is 0.478 e. The number of hydrogen-bond acceptors (Lipinski definition) is 5. The van der Waals surface area contributed by atoms with Crippen LogP contribution < -0.4 is 0 Å². The molecule has 3 heterocycles. The summed E-state index contributed by atoms with van der Waals surface area (Å²) in [4.78, 5) is 19.4. The van der Waals surface area contributed by atoms with Gasteiger partial charge >= 0.3 is 5.97 Å². The molecule has 1 N–H and O–H groups in total. The zero-order valence-corrected chi connectivity index (χ0v) is 10.1. The molecule has 1 aliphatic heterocycles. The van der Waals surface area contributed by atoms with E-state index in [0.717, 1.165) is 6.42 Å². The zero-order chi connectivity index (χ0) is 13.2. The van der Waals surface area contributed by atoms with Crippen LogP contribution in [-0.4, -0.2) is 44.0 Å². The van der Waals surface area contributed by atoms with Gasteiger partial charge in [0.2, 0.25) is 5.95 Å². The van der Waals surface area contributed by atoms with E-state index in [4.69, 9.17) is 4.74 Å². The number of carbonyl (C=O) groups is 1. The summed E-state index contributed by atoms with van der Waals surface area (Å²) >= 11 is 0. The van der Waals surface area contributed by atoms with Gasteiger partial charge in [0, 0.05) is 31.1 Å². The van der Waals surface area contributed by atoms with Gasteiger partial charge in [-0.15, -0.1) is 0 Å². The van der Waals surface area contributed by atoms with Gasteiger partial charge in [0.05, 0.1) is 12.3 Å². The fourth-order valence-electron chi connectivity index (χ4n) is 2.12. The number of carboxylic acid groups (broad SMARTS) is 1. The number of aromatic carboxylic acids is 1. The van der Waals surface area contributed by atoms with Crippen LogP contribution in [0.25, 0.3) is 5.95 Å². The summed E-state index contributed by atoms with van der Waals surface area (Å²) in [6.07, 6.45) is 5.41. The molecule has 1 atom stereocenters. The Labute approximate surface area is 108 Å². The third-order valence-corrected chi connectivity index (χ3v) is 3.05. The molecule has 1 unspecified atom stereocenters. The molecule has 98 valence electrons. The van der Waals surface area contributed by atoms with Crippen molar-refractivity contribution in [2.45, 2.75) is 12.3 Å². The Morgan fingerprint density at radius 2 is 2.21 bits per heavy atom. The second-order valence-electron chi connectivity index (χ2n) is 4.29. The highest BCUT2D eigenvalue weighted by molar-refractivity contribution is 5.89. The summed E-state index contributed by atoms with van der Waals surface area (Å²) in [5.41, 5.74) is 0.723. The number of rotatable bonds is 3. The molecule has 0 amide bonds. The molecule has 0 saturated carbocycles. The van der Waals surface area contributed by atoms with Gasteiger partial charge in [-0.2, -0.15) is 5.10 Å². The van der Waals surface area contributed by atoms with Gasteiger partial charge in [0.15, 0.2) is 0 Å². The van der Waals surface area contributed by atoms with E-state index in [9.17, 15) is 9.90 Å². The van der Waals surface area contributed by atoms with Crippen molar-refractivity contribution < 1.29 is 14.6 Å². The summed E-state index contributed by atoms with van der Waals surface area (Å²) in [6, 6.07) is 1.69. The van der Waals surface area contributed by atoms with E-state index in [1.165, 1.54) is 10.9 Å². The maximum absolute atomic E-state index is 11.3. The highest BCUT2D eigenvalue weighted by atomic mass is 16.5. The Hall–Kier alpha value is -2.28. The van der Waals surface area contributed by atoms with Crippen molar-refractivity contribution in [2.24, 2.45) is 0 Å². The molecule has 7 heteroatoms. The third kappa shape index (κ3) is 2.19. The summed E-state index contributed by atoms with van der Waals surface area (Å²) in [7, 11) is 0. The highest BCUT2D eigenvalue weighted by Crippen LogP contribution is 2.27. The Bertz CT molecular complexity index is 590. The van der Waals surface area contributed by atoms with E-state index in [-0.39, 0.29) is 11.5 Å². The van der Waals surface area contributed by atoms with Gasteiger partial charge in [-0.1, -0.05) is 0 Å². The normalized spacial score (nSPS) is 18.6. The quantitative estimate of drug-likeness (QED) is 0.880. The molecule has 19 heavy (non-hydrogen) atoms. The molecule has 0 spiro atoms. The van der Waals surface area contributed by atoms with Crippen molar-refractivity contribution in [2.75, 3.05) is 13.2 Å². The first-order valence-corrected chi connectivity index (χ1v) is 5.93. The first-order chi connectivity index (χ1) is 9.25. The van der Waals surface area contributed by atoms with Crippen LogP contribution >= 0.6 is 0 Å². The van der Waals surface area contributed by atoms with Crippen molar-refractivity contribution >= 4 is 5.97 Å². The van der Waals surface area contributed by atoms with Crippen LogP contribution in [0.4, 0.5) is 0 Å². The van der Waals surface area contributed by atoms with Gasteiger partial charge in [0.25, 0.3) is 0 Å². The molecule has 0 radical (unpaired) electrons. The second-order valence-corrected chi connectivity index (χ2v) is 4.29. The molecule has 3 rings (SSSR count). The minimum Gasteiger partial charge on any atom is -0.478 e. The number of carboxylic acids is 1. The number of hydrogen-bond donors (Lipinski definition) is 1. The monoisotopic (exact) mass is 260 g/mol. The summed E-state index contributed by atoms with van der Waals surface area (Å²) in [6.45, 7) is 1.14. The molecule has 1 aliphatic rings. The molecule has 7 nitrogen and oxygen atoms in total. The molecular weight excluding hydrogens is 248 g/mol. The van der Waals surface area contributed by atoms with Gasteiger partial charge in [0.1, 0.15) is 5.56 Å². The van der Waals surface area contributed by atoms with Gasteiger partial charge in [-0.3, -0.25) is 0 Å². The average Bonchev–Trinajstić information content (AvgIpc) is 3.08. The number of ether oxygens (including phenoxy) is 1. The fraction of sp³-hybridized carbons (Fsp3) is 0.333. The lowest BCUT2D eigenvalue weighted by molar-refractivity contribution is 0.0695. The van der Waals surface area contributed by atoms with Crippen molar-refractivity contribution in [1.29, 1.82) is 0 Å². The first-order valence-electron chi connectivity index (χ1n) is 5.93. The van der Waals surface area contributed by atoms with E-state index in [0.29, 0.717) is 24.9 Å². The number of aromatic nitrogens is 4. The maximum Gasteiger partial charge on any atom is 0.339 e. The average molecular weight is 260 g/mol. The lowest BCUT2D eigenvalue weighted by Gasteiger charge is -2.04. The van der Waals surface area contributed by atoms with Crippen molar-refractivity contribution in [3.8, 4) is 5.95 Å². The van der Waals surface area contributed by atoms with Gasteiger partial charge in [-0.05, 0) is 12.5 Å². The van der Waals surface area contributed by atoms with E-state index in [1.54, 1.807) is 18.5 Å². The third-order valence-electron chi connectivity index (χ3n) is 3.05. The first kappa shape index (κ1) is 11.8. The van der Waals surface area contributed by atoms with Crippen LogP contribution in [0, 0.1) is 0 Å². The van der Waals surface area contributed by atoms with Crippen LogP contribution in [0.2, 0.25) is 0 Å². The number of nitrogens with zero attached hydrogens (tertiary/aromatic N) is 4. The summed E-state index contributed by atoms with van der Waals surface area (Å²) < 4.78 is 6.69. The van der Waals surface area contributed by atoms with E-state index in [2.05, 4.69) is 15.1 Å². The van der Waals surface area contributed by atoms with Crippen LogP contribution in [0.3, 0.4) is 0 Å². The summed E-state index contributed by atoms with van der Waals surface area (Å²) in [5.74, 6) is -0.615. The molecule has 0 bridgehead atoms. The van der Waals surface area contributed by atoms with Crippen LogP contribution in [-0.2, 0) is 4.74 Å².